The summed E-state index contributed by atoms with van der Waals surface area (Å²) in [4.78, 5) is 19.5. The summed E-state index contributed by atoms with van der Waals surface area (Å²) in [5, 5.41) is 16.4. The maximum Gasteiger partial charge on any atom is 0.338 e. The summed E-state index contributed by atoms with van der Waals surface area (Å²) in [6.45, 7) is 1.16. The van der Waals surface area contributed by atoms with Crippen LogP contribution < -0.4 is 0 Å². The molecule has 1 atom stereocenters. The van der Waals surface area contributed by atoms with Gasteiger partial charge in [0.25, 0.3) is 0 Å². The molecule has 2 N–H and O–H groups in total. The summed E-state index contributed by atoms with van der Waals surface area (Å²) in [7, 11) is 0. The Morgan fingerprint density at radius 3 is 2.33 bits per heavy atom. The number of carboxylic acids is 1. The zero-order valence-electron chi connectivity index (χ0n) is 4.74. The van der Waals surface area contributed by atoms with E-state index in [-0.39, 0.29) is 5.06 Å². The smallest absolute Gasteiger partial charge is 0.338 e. The molecule has 0 saturated heterocycles. The first-order valence-electron chi connectivity index (χ1n) is 2.18. The predicted octanol–water partition coefficient (Wildman–Crippen LogP) is -0.782. The number of aliphatic carboxylic acids is 1. The van der Waals surface area contributed by atoms with E-state index in [0.717, 1.165) is 13.3 Å². The Labute approximate surface area is 51.5 Å². The van der Waals surface area contributed by atoms with Gasteiger partial charge in [0.1, 0.15) is 0 Å². The van der Waals surface area contributed by atoms with Gasteiger partial charge < -0.3 is 5.11 Å². The van der Waals surface area contributed by atoms with Crippen LogP contribution in [-0.4, -0.2) is 33.8 Å². The zero-order chi connectivity index (χ0) is 7.44. The summed E-state index contributed by atoms with van der Waals surface area (Å²) < 4.78 is 0. The van der Waals surface area contributed by atoms with E-state index >= 15 is 0 Å². The highest BCUT2D eigenvalue weighted by Crippen LogP contribution is 1.89. The van der Waals surface area contributed by atoms with E-state index in [1.807, 2.05) is 0 Å². The van der Waals surface area contributed by atoms with E-state index in [1.165, 1.54) is 0 Å². The minimum Gasteiger partial charge on any atom is -0.480 e. The lowest BCUT2D eigenvalue weighted by atomic mass is 10.3. The van der Waals surface area contributed by atoms with E-state index in [4.69, 9.17) is 10.3 Å². The van der Waals surface area contributed by atoms with Gasteiger partial charge in [-0.25, -0.2) is 9.86 Å². The second-order valence-corrected chi connectivity index (χ2v) is 1.45. The second-order valence-electron chi connectivity index (χ2n) is 1.45. The topological polar surface area (TPSA) is 77.8 Å². The fourth-order valence-corrected chi connectivity index (χ4v) is 0.184. The van der Waals surface area contributed by atoms with Gasteiger partial charge in [0.15, 0.2) is 6.04 Å². The van der Waals surface area contributed by atoms with Crippen LogP contribution in [0.2, 0.25) is 0 Å². The molecule has 0 rings (SSSR count). The standard InChI is InChI=1S/C4H6NO4/c1-3(4(7)8)5(9)2-6/h3,9H,1H3,(H,7,8). The van der Waals surface area contributed by atoms with Crippen LogP contribution >= 0.6 is 0 Å². The number of hydroxylamine groups is 2. The van der Waals surface area contributed by atoms with Crippen LogP contribution in [-0.2, 0) is 9.59 Å². The van der Waals surface area contributed by atoms with E-state index < -0.39 is 12.0 Å². The Kier molecular flexibility index (Phi) is 2.66. The third kappa shape index (κ3) is 2.09. The predicted molar refractivity (Wildman–Crippen MR) is 26.4 cm³/mol. The largest absolute Gasteiger partial charge is 0.480 e. The molecule has 0 aliphatic heterocycles. The first-order valence-corrected chi connectivity index (χ1v) is 2.18. The first kappa shape index (κ1) is 7.90. The number of hydrogen-bond acceptors (Lipinski definition) is 3. The van der Waals surface area contributed by atoms with Crippen LogP contribution in [0.1, 0.15) is 6.92 Å². The van der Waals surface area contributed by atoms with Crippen molar-refractivity contribution in [3.05, 3.63) is 0 Å². The molecule has 5 heteroatoms. The molecule has 5 nitrogen and oxygen atoms in total. The van der Waals surface area contributed by atoms with E-state index in [9.17, 15) is 9.59 Å². The van der Waals surface area contributed by atoms with Crippen molar-refractivity contribution < 1.29 is 19.9 Å². The van der Waals surface area contributed by atoms with Gasteiger partial charge in [-0.05, 0) is 6.92 Å². The highest BCUT2D eigenvalue weighted by molar-refractivity contribution is 5.75. The van der Waals surface area contributed by atoms with Gasteiger partial charge in [0, 0.05) is 0 Å². The van der Waals surface area contributed by atoms with Crippen LogP contribution in [0, 0.1) is 0 Å². The summed E-state index contributed by atoms with van der Waals surface area (Å²) in [6.07, 6.45) is 1.00. The Morgan fingerprint density at radius 2 is 2.22 bits per heavy atom. The molecule has 0 bridgehead atoms. The lowest BCUT2D eigenvalue weighted by molar-refractivity contribution is -0.152. The average Bonchev–Trinajstić information content (AvgIpc) is 1.84. The van der Waals surface area contributed by atoms with Gasteiger partial charge in [-0.1, -0.05) is 0 Å². The molecule has 9 heavy (non-hydrogen) atoms. The molecule has 51 valence electrons. The normalized spacial score (nSPS) is 12.2. The summed E-state index contributed by atoms with van der Waals surface area (Å²) in [5.41, 5.74) is 0. The number of rotatable bonds is 3. The SMILES string of the molecule is CC(C(=O)O)N(O)[C]=O. The van der Waals surface area contributed by atoms with Gasteiger partial charge in [0.05, 0.1) is 0 Å². The quantitative estimate of drug-likeness (QED) is 0.300. The molecule has 1 amide bonds. The molecule has 1 unspecified atom stereocenters. The van der Waals surface area contributed by atoms with Gasteiger partial charge in [-0.15, -0.1) is 0 Å². The number of carbonyl (C=O) groups excluding carboxylic acids is 1. The fourth-order valence-electron chi connectivity index (χ4n) is 0.184. The monoisotopic (exact) mass is 132 g/mol. The molecule has 0 aromatic heterocycles. The zero-order valence-corrected chi connectivity index (χ0v) is 4.74. The van der Waals surface area contributed by atoms with E-state index in [2.05, 4.69) is 0 Å². The molecular weight excluding hydrogens is 126 g/mol. The van der Waals surface area contributed by atoms with Gasteiger partial charge in [0.2, 0.25) is 0 Å². The maximum atomic E-state index is 9.92. The lowest BCUT2D eigenvalue weighted by Crippen LogP contribution is -2.35. The van der Waals surface area contributed by atoms with Gasteiger partial charge >= 0.3 is 12.4 Å². The van der Waals surface area contributed by atoms with Crippen LogP contribution in [0.5, 0.6) is 0 Å². The third-order valence-corrected chi connectivity index (χ3v) is 0.818. The number of hydrogen-bond donors (Lipinski definition) is 2. The van der Waals surface area contributed by atoms with Crippen molar-refractivity contribution in [3.8, 4) is 0 Å². The molecule has 1 radical (unpaired) electrons. The van der Waals surface area contributed by atoms with Gasteiger partial charge in [-0.2, -0.15) is 0 Å². The van der Waals surface area contributed by atoms with Crippen molar-refractivity contribution in [2.45, 2.75) is 13.0 Å². The van der Waals surface area contributed by atoms with Crippen LogP contribution in [0.4, 0.5) is 0 Å². The molecule has 0 aromatic rings. The molecular formula is C4H6NO4. The molecule has 0 fully saturated rings. The van der Waals surface area contributed by atoms with Crippen molar-refractivity contribution in [2.24, 2.45) is 0 Å². The van der Waals surface area contributed by atoms with E-state index in [1.54, 1.807) is 0 Å². The van der Waals surface area contributed by atoms with Crippen LogP contribution in [0.15, 0.2) is 0 Å². The maximum absolute atomic E-state index is 9.92. The average molecular weight is 132 g/mol. The van der Waals surface area contributed by atoms with Crippen molar-refractivity contribution in [2.75, 3.05) is 0 Å². The number of amides is 1. The highest BCUT2D eigenvalue weighted by atomic mass is 16.5. The lowest BCUT2D eigenvalue weighted by Gasteiger charge is -2.10. The highest BCUT2D eigenvalue weighted by Gasteiger charge is 2.16. The number of carboxylic acid groups (broad SMARTS) is 1. The number of carbonyl (C=O) groups is 1. The van der Waals surface area contributed by atoms with Crippen molar-refractivity contribution in [1.29, 1.82) is 0 Å². The molecule has 0 heterocycles. The first-order chi connectivity index (χ1) is 4.09. The summed E-state index contributed by atoms with van der Waals surface area (Å²) in [5.74, 6) is -1.28. The Morgan fingerprint density at radius 1 is 1.78 bits per heavy atom. The minimum absolute atomic E-state index is 0.0394. The van der Waals surface area contributed by atoms with Gasteiger partial charge in [-0.3, -0.25) is 10.0 Å². The molecule has 0 aliphatic rings. The molecule has 0 aromatic carbocycles. The number of nitrogens with zero attached hydrogens (tertiary/aromatic N) is 1. The van der Waals surface area contributed by atoms with Crippen LogP contribution in [0.3, 0.4) is 0 Å². The van der Waals surface area contributed by atoms with Crippen molar-refractivity contribution in [3.63, 3.8) is 0 Å². The van der Waals surface area contributed by atoms with E-state index in [0.29, 0.717) is 0 Å². The molecule has 0 spiro atoms. The Balaban J connectivity index is 3.86. The van der Waals surface area contributed by atoms with Crippen molar-refractivity contribution in [1.82, 2.24) is 5.06 Å². The Bertz CT molecular complexity index is 124. The summed E-state index contributed by atoms with van der Waals surface area (Å²) in [6, 6.07) is -1.23. The third-order valence-electron chi connectivity index (χ3n) is 0.818. The van der Waals surface area contributed by atoms with Crippen molar-refractivity contribution >= 4 is 12.4 Å². The molecule has 0 aliphatic carbocycles. The fraction of sp³-hybridized carbons (Fsp3) is 0.500. The summed E-state index contributed by atoms with van der Waals surface area (Å²) >= 11 is 0. The minimum atomic E-state index is -1.28. The van der Waals surface area contributed by atoms with Crippen LogP contribution in [0.25, 0.3) is 0 Å². The molecule has 0 saturated carbocycles. The Hall–Kier alpha value is -1.10. The second kappa shape index (κ2) is 3.03.